The average molecular weight is 309 g/mol. The highest BCUT2D eigenvalue weighted by atomic mass is 16.4. The van der Waals surface area contributed by atoms with Crippen molar-refractivity contribution in [2.75, 3.05) is 0 Å². The van der Waals surface area contributed by atoms with Crippen LogP contribution in [-0.2, 0) is 11.8 Å². The number of carbonyl (C=O) groups excluding carboxylic acids is 1. The first-order valence-corrected chi connectivity index (χ1v) is 7.47. The zero-order valence-corrected chi connectivity index (χ0v) is 12.5. The molecule has 2 heterocycles. The number of nitrogens with zero attached hydrogens (tertiary/aromatic N) is 2. The van der Waals surface area contributed by atoms with Crippen LogP contribution in [0.4, 0.5) is 0 Å². The molecule has 23 heavy (non-hydrogen) atoms. The zero-order valence-electron chi connectivity index (χ0n) is 12.5. The number of aryl methyl sites for hydroxylation is 1. The molecule has 1 amide bonds. The fourth-order valence-corrected chi connectivity index (χ4v) is 2.97. The van der Waals surface area contributed by atoms with Crippen LogP contribution in [-0.4, -0.2) is 27.3 Å². The lowest BCUT2D eigenvalue weighted by atomic mass is 10.0. The number of hydrogen-bond donors (Lipinski definition) is 2. The third kappa shape index (κ3) is 2.23. The van der Waals surface area contributed by atoms with E-state index < -0.39 is 5.97 Å². The fourth-order valence-electron chi connectivity index (χ4n) is 2.97. The number of fused-ring (bicyclic) bond motifs is 1. The van der Waals surface area contributed by atoms with Crippen molar-refractivity contribution < 1.29 is 14.7 Å². The lowest BCUT2D eigenvalue weighted by molar-refractivity contribution is -0.116. The fraction of sp³-hybridized carbons (Fsp3) is 0.235. The van der Waals surface area contributed by atoms with Gasteiger partial charge in [-0.25, -0.2) is 10.2 Å². The van der Waals surface area contributed by atoms with Gasteiger partial charge in [0.15, 0.2) is 0 Å². The molecule has 6 heteroatoms. The third-order valence-electron chi connectivity index (χ3n) is 4.33. The van der Waals surface area contributed by atoms with Gasteiger partial charge in [0.25, 0.3) is 5.91 Å². The molecule has 0 radical (unpaired) electrons. The number of aromatic nitrogens is 1. The standard InChI is InChI=1S/C17H15N3O3/c1-20-8-11(12-5-4-10(17(22)23)7-14(12)20)6-13-15(9-2-3-9)18-19-16(13)21/h4-9H,2-3H2,1H3,(H,19,21)(H,22,23). The molecular weight excluding hydrogens is 294 g/mol. The van der Waals surface area contributed by atoms with Crippen LogP contribution in [0, 0.1) is 5.92 Å². The molecule has 1 saturated carbocycles. The smallest absolute Gasteiger partial charge is 0.335 e. The molecule has 2 aromatic rings. The number of amides is 1. The minimum atomic E-state index is -0.952. The van der Waals surface area contributed by atoms with Crippen LogP contribution < -0.4 is 5.43 Å². The van der Waals surface area contributed by atoms with Gasteiger partial charge in [-0.2, -0.15) is 5.10 Å². The van der Waals surface area contributed by atoms with Crippen LogP contribution in [0.15, 0.2) is 35.1 Å². The summed E-state index contributed by atoms with van der Waals surface area (Å²) in [5, 5.41) is 14.2. The first-order chi connectivity index (χ1) is 11.0. The summed E-state index contributed by atoms with van der Waals surface area (Å²) >= 11 is 0. The molecule has 0 spiro atoms. The molecule has 0 atom stereocenters. The molecule has 116 valence electrons. The lowest BCUT2D eigenvalue weighted by Gasteiger charge is -1.99. The Hall–Kier alpha value is -2.89. The van der Waals surface area contributed by atoms with E-state index in [9.17, 15) is 9.59 Å². The van der Waals surface area contributed by atoms with Crippen molar-refractivity contribution in [1.29, 1.82) is 0 Å². The van der Waals surface area contributed by atoms with Crippen LogP contribution in [0.5, 0.6) is 0 Å². The van der Waals surface area contributed by atoms with E-state index in [1.54, 1.807) is 18.2 Å². The Morgan fingerprint density at radius 2 is 2.22 bits per heavy atom. The van der Waals surface area contributed by atoms with Gasteiger partial charge in [-0.3, -0.25) is 4.79 Å². The highest BCUT2D eigenvalue weighted by Crippen LogP contribution is 2.36. The van der Waals surface area contributed by atoms with Gasteiger partial charge in [0.05, 0.1) is 16.8 Å². The lowest BCUT2D eigenvalue weighted by Crippen LogP contribution is -2.13. The molecule has 1 aromatic heterocycles. The van der Waals surface area contributed by atoms with Crippen LogP contribution >= 0.6 is 0 Å². The normalized spacial score (nSPS) is 19.3. The maximum absolute atomic E-state index is 12.0. The molecule has 0 bridgehead atoms. The Balaban J connectivity index is 1.83. The van der Waals surface area contributed by atoms with E-state index in [2.05, 4.69) is 10.5 Å². The predicted molar refractivity (Wildman–Crippen MR) is 86.2 cm³/mol. The maximum atomic E-state index is 12.0. The second-order valence-electron chi connectivity index (χ2n) is 6.00. The third-order valence-corrected chi connectivity index (χ3v) is 4.33. The van der Waals surface area contributed by atoms with E-state index in [1.807, 2.05) is 23.9 Å². The quantitative estimate of drug-likeness (QED) is 0.852. The van der Waals surface area contributed by atoms with Gasteiger partial charge in [-0.05, 0) is 31.1 Å². The minimum absolute atomic E-state index is 0.175. The first-order valence-electron chi connectivity index (χ1n) is 7.47. The number of carboxylic acid groups (broad SMARTS) is 1. The molecular formula is C17H15N3O3. The number of carboxylic acids is 1. The van der Waals surface area contributed by atoms with Gasteiger partial charge in [0.2, 0.25) is 0 Å². The molecule has 4 rings (SSSR count). The van der Waals surface area contributed by atoms with Gasteiger partial charge >= 0.3 is 5.97 Å². The minimum Gasteiger partial charge on any atom is -0.478 e. The highest BCUT2D eigenvalue weighted by molar-refractivity contribution is 6.29. The van der Waals surface area contributed by atoms with Gasteiger partial charge in [0, 0.05) is 35.6 Å². The Morgan fingerprint density at radius 3 is 2.91 bits per heavy atom. The number of hydrazone groups is 1. The summed E-state index contributed by atoms with van der Waals surface area (Å²) in [7, 11) is 1.86. The topological polar surface area (TPSA) is 83.7 Å². The monoisotopic (exact) mass is 309 g/mol. The first kappa shape index (κ1) is 13.8. The molecule has 0 unspecified atom stereocenters. The summed E-state index contributed by atoms with van der Waals surface area (Å²) < 4.78 is 1.87. The van der Waals surface area contributed by atoms with Crippen molar-refractivity contribution in [3.05, 3.63) is 41.1 Å². The number of rotatable bonds is 3. The van der Waals surface area contributed by atoms with E-state index in [0.29, 0.717) is 11.5 Å². The largest absolute Gasteiger partial charge is 0.478 e. The summed E-state index contributed by atoms with van der Waals surface area (Å²) in [6.07, 6.45) is 5.90. The van der Waals surface area contributed by atoms with E-state index in [1.165, 1.54) is 0 Å². The molecule has 2 N–H and O–H groups in total. The zero-order chi connectivity index (χ0) is 16.1. The number of hydrogen-bond acceptors (Lipinski definition) is 3. The molecule has 2 aliphatic rings. The van der Waals surface area contributed by atoms with Crippen LogP contribution in [0.2, 0.25) is 0 Å². The molecule has 0 saturated heterocycles. The van der Waals surface area contributed by atoms with Crippen LogP contribution in [0.3, 0.4) is 0 Å². The Kier molecular flexibility index (Phi) is 2.87. The summed E-state index contributed by atoms with van der Waals surface area (Å²) in [4.78, 5) is 23.1. The summed E-state index contributed by atoms with van der Waals surface area (Å²) in [6, 6.07) is 5.01. The summed E-state index contributed by atoms with van der Waals surface area (Å²) in [6.45, 7) is 0. The second kappa shape index (κ2) is 4.81. The molecule has 1 aliphatic heterocycles. The molecule has 1 aliphatic carbocycles. The Bertz CT molecular complexity index is 917. The van der Waals surface area contributed by atoms with Crippen molar-refractivity contribution in [2.24, 2.45) is 18.1 Å². The van der Waals surface area contributed by atoms with Gasteiger partial charge < -0.3 is 9.67 Å². The van der Waals surface area contributed by atoms with Crippen molar-refractivity contribution in [1.82, 2.24) is 9.99 Å². The van der Waals surface area contributed by atoms with Crippen LogP contribution in [0.25, 0.3) is 17.0 Å². The number of benzene rings is 1. The van der Waals surface area contributed by atoms with Crippen molar-refractivity contribution in [3.8, 4) is 0 Å². The van der Waals surface area contributed by atoms with Crippen molar-refractivity contribution in [3.63, 3.8) is 0 Å². The number of aromatic carboxylic acids is 1. The summed E-state index contributed by atoms with van der Waals surface area (Å²) in [5.74, 6) is -0.744. The SMILES string of the molecule is Cn1cc(C=C2C(=O)NN=C2C2CC2)c2ccc(C(=O)O)cc21. The van der Waals surface area contributed by atoms with Gasteiger partial charge in [-0.15, -0.1) is 0 Å². The van der Waals surface area contributed by atoms with Crippen molar-refractivity contribution >= 4 is 34.6 Å². The molecule has 1 aromatic carbocycles. The average Bonchev–Trinajstić information content (AvgIpc) is 3.24. The predicted octanol–water partition coefficient (Wildman–Crippen LogP) is 2.16. The van der Waals surface area contributed by atoms with Gasteiger partial charge in [0.1, 0.15) is 0 Å². The van der Waals surface area contributed by atoms with Gasteiger partial charge in [-0.1, -0.05) is 6.07 Å². The highest BCUT2D eigenvalue weighted by Gasteiger charge is 2.35. The van der Waals surface area contributed by atoms with E-state index in [4.69, 9.17) is 5.11 Å². The number of carbonyl (C=O) groups is 2. The van der Waals surface area contributed by atoms with Crippen molar-refractivity contribution in [2.45, 2.75) is 12.8 Å². The van der Waals surface area contributed by atoms with E-state index in [-0.39, 0.29) is 11.5 Å². The summed E-state index contributed by atoms with van der Waals surface area (Å²) in [5.41, 5.74) is 5.95. The van der Waals surface area contributed by atoms with Crippen LogP contribution in [0.1, 0.15) is 28.8 Å². The number of nitrogens with one attached hydrogen (secondary N) is 1. The maximum Gasteiger partial charge on any atom is 0.335 e. The van der Waals surface area contributed by atoms with E-state index in [0.717, 1.165) is 35.0 Å². The Labute approximate surface area is 132 Å². The van der Waals surface area contributed by atoms with E-state index >= 15 is 0 Å². The molecule has 6 nitrogen and oxygen atoms in total. The Morgan fingerprint density at radius 1 is 1.43 bits per heavy atom. The molecule has 1 fully saturated rings. The second-order valence-corrected chi connectivity index (χ2v) is 6.00.